The lowest BCUT2D eigenvalue weighted by atomic mass is 10.1. The number of benzene rings is 2. The molecule has 0 unspecified atom stereocenters. The van der Waals surface area contributed by atoms with Crippen molar-refractivity contribution in [3.63, 3.8) is 0 Å². The minimum absolute atomic E-state index is 0.132. The maximum atomic E-state index is 13.1. The second kappa shape index (κ2) is 4.76. The van der Waals surface area contributed by atoms with Crippen LogP contribution in [0.15, 0.2) is 48.5 Å². The van der Waals surface area contributed by atoms with Gasteiger partial charge in [-0.3, -0.25) is 4.79 Å². The summed E-state index contributed by atoms with van der Waals surface area (Å²) in [6.07, 6.45) is 0. The zero-order chi connectivity index (χ0) is 13.4. The van der Waals surface area contributed by atoms with Crippen LogP contribution >= 0.6 is 22.9 Å². The van der Waals surface area contributed by atoms with E-state index in [0.29, 0.717) is 15.5 Å². The van der Waals surface area contributed by atoms with Crippen molar-refractivity contribution < 1.29 is 9.18 Å². The van der Waals surface area contributed by atoms with Crippen LogP contribution < -0.4 is 0 Å². The number of thiophene rings is 1. The molecule has 0 N–H and O–H groups in total. The molecule has 0 aliphatic heterocycles. The fourth-order valence-corrected chi connectivity index (χ4v) is 3.16. The van der Waals surface area contributed by atoms with Gasteiger partial charge in [0.2, 0.25) is 5.78 Å². The minimum atomic E-state index is -0.300. The molecule has 0 saturated carbocycles. The van der Waals surface area contributed by atoms with E-state index >= 15 is 0 Å². The molecule has 0 atom stereocenters. The first-order valence-electron chi connectivity index (χ1n) is 5.63. The summed E-state index contributed by atoms with van der Waals surface area (Å²) in [7, 11) is 0. The van der Waals surface area contributed by atoms with Crippen molar-refractivity contribution in [2.45, 2.75) is 0 Å². The Balaban J connectivity index is 2.09. The minimum Gasteiger partial charge on any atom is -0.288 e. The lowest BCUT2D eigenvalue weighted by molar-refractivity contribution is 0.104. The summed E-state index contributed by atoms with van der Waals surface area (Å²) in [5.41, 5.74) is 0.469. The number of hydrogen-bond donors (Lipinski definition) is 0. The highest BCUT2D eigenvalue weighted by molar-refractivity contribution is 7.21. The Morgan fingerprint density at radius 3 is 2.68 bits per heavy atom. The van der Waals surface area contributed by atoms with Crippen LogP contribution in [-0.2, 0) is 0 Å². The lowest BCUT2D eigenvalue weighted by Crippen LogP contribution is -1.98. The molecule has 0 aliphatic carbocycles. The van der Waals surface area contributed by atoms with E-state index in [1.54, 1.807) is 36.4 Å². The van der Waals surface area contributed by atoms with Gasteiger partial charge in [-0.1, -0.05) is 29.8 Å². The van der Waals surface area contributed by atoms with Crippen LogP contribution in [-0.4, -0.2) is 5.78 Å². The van der Waals surface area contributed by atoms with Crippen molar-refractivity contribution >= 4 is 38.8 Å². The van der Waals surface area contributed by atoms with Crippen molar-refractivity contribution in [3.8, 4) is 0 Å². The van der Waals surface area contributed by atoms with Gasteiger partial charge in [-0.15, -0.1) is 11.3 Å². The molecular formula is C15H8ClFOS. The normalized spacial score (nSPS) is 10.8. The molecule has 0 amide bonds. The Hall–Kier alpha value is -1.71. The van der Waals surface area contributed by atoms with Gasteiger partial charge < -0.3 is 0 Å². The summed E-state index contributed by atoms with van der Waals surface area (Å²) in [5.74, 6) is -0.432. The van der Waals surface area contributed by atoms with Gasteiger partial charge in [0.15, 0.2) is 0 Å². The average molecular weight is 291 g/mol. The highest BCUT2D eigenvalue weighted by Gasteiger charge is 2.15. The van der Waals surface area contributed by atoms with Crippen molar-refractivity contribution in [2.75, 3.05) is 0 Å². The van der Waals surface area contributed by atoms with Gasteiger partial charge in [0.1, 0.15) is 5.82 Å². The first-order valence-corrected chi connectivity index (χ1v) is 6.83. The van der Waals surface area contributed by atoms with Gasteiger partial charge in [-0.25, -0.2) is 4.39 Å². The second-order valence-electron chi connectivity index (χ2n) is 4.10. The van der Waals surface area contributed by atoms with Gasteiger partial charge in [0.05, 0.1) is 9.90 Å². The van der Waals surface area contributed by atoms with Crippen molar-refractivity contribution in [2.24, 2.45) is 0 Å². The second-order valence-corrected chi connectivity index (χ2v) is 5.59. The molecule has 1 heterocycles. The van der Waals surface area contributed by atoms with Crippen LogP contribution in [0.2, 0.25) is 5.02 Å². The highest BCUT2D eigenvalue weighted by atomic mass is 35.5. The molecule has 3 rings (SSSR count). The third kappa shape index (κ3) is 2.27. The van der Waals surface area contributed by atoms with E-state index in [9.17, 15) is 9.18 Å². The predicted octanol–water partition coefficient (Wildman–Crippen LogP) is 4.92. The van der Waals surface area contributed by atoms with Gasteiger partial charge in [0.25, 0.3) is 0 Å². The van der Waals surface area contributed by atoms with Crippen molar-refractivity contribution in [1.29, 1.82) is 0 Å². The maximum Gasteiger partial charge on any atom is 0.204 e. The molecule has 19 heavy (non-hydrogen) atoms. The lowest BCUT2D eigenvalue weighted by Gasteiger charge is -1.99. The molecule has 4 heteroatoms. The summed E-state index contributed by atoms with van der Waals surface area (Å²) in [5, 5.41) is 1.29. The monoisotopic (exact) mass is 290 g/mol. The van der Waals surface area contributed by atoms with Crippen LogP contribution in [0.4, 0.5) is 4.39 Å². The number of carbonyl (C=O) groups excluding carboxylic acids is 1. The van der Waals surface area contributed by atoms with E-state index in [2.05, 4.69) is 0 Å². The number of rotatable bonds is 2. The molecule has 0 radical (unpaired) electrons. The molecule has 1 nitrogen and oxygen atoms in total. The number of hydrogen-bond acceptors (Lipinski definition) is 2. The largest absolute Gasteiger partial charge is 0.288 e. The first kappa shape index (κ1) is 12.3. The average Bonchev–Trinajstić information content (AvgIpc) is 2.81. The van der Waals surface area contributed by atoms with Crippen LogP contribution in [0.5, 0.6) is 0 Å². The number of carbonyl (C=O) groups is 1. The smallest absolute Gasteiger partial charge is 0.204 e. The fourth-order valence-electron chi connectivity index (χ4n) is 1.89. The Labute approximate surface area is 118 Å². The van der Waals surface area contributed by atoms with Gasteiger partial charge >= 0.3 is 0 Å². The molecule has 0 bridgehead atoms. The third-order valence-electron chi connectivity index (χ3n) is 2.82. The summed E-state index contributed by atoms with van der Waals surface area (Å²) in [4.78, 5) is 12.9. The van der Waals surface area contributed by atoms with Gasteiger partial charge in [-0.2, -0.15) is 0 Å². The van der Waals surface area contributed by atoms with E-state index in [4.69, 9.17) is 11.6 Å². The summed E-state index contributed by atoms with van der Waals surface area (Å²) >= 11 is 7.29. The van der Waals surface area contributed by atoms with E-state index in [-0.39, 0.29) is 11.6 Å². The standard InChI is InChI=1S/C15H8ClFOS/c16-12-4-2-1-3-11(12)15(18)14-7-9-5-6-10(17)8-13(9)19-14/h1-8H. The Kier molecular flexibility index (Phi) is 3.09. The Morgan fingerprint density at radius 1 is 1.11 bits per heavy atom. The zero-order valence-corrected chi connectivity index (χ0v) is 11.3. The first-order chi connectivity index (χ1) is 9.15. The van der Waals surface area contributed by atoms with Crippen molar-refractivity contribution in [3.05, 3.63) is 69.8 Å². The van der Waals surface area contributed by atoms with Crippen molar-refractivity contribution in [1.82, 2.24) is 0 Å². The SMILES string of the molecule is O=C(c1cc2ccc(F)cc2s1)c1ccccc1Cl. The number of ketones is 1. The van der Waals surface area contributed by atoms with E-state index < -0.39 is 0 Å². The topological polar surface area (TPSA) is 17.1 Å². The molecule has 0 saturated heterocycles. The van der Waals surface area contributed by atoms with Crippen LogP contribution in [0.3, 0.4) is 0 Å². The fraction of sp³-hybridized carbons (Fsp3) is 0. The molecule has 0 spiro atoms. The summed E-state index contributed by atoms with van der Waals surface area (Å²) in [6.45, 7) is 0. The van der Waals surface area contributed by atoms with Gasteiger partial charge in [0, 0.05) is 10.3 Å². The molecule has 0 aliphatic rings. The summed E-state index contributed by atoms with van der Waals surface area (Å²) < 4.78 is 13.9. The van der Waals surface area contributed by atoms with Crippen LogP contribution in [0, 0.1) is 5.82 Å². The molecular weight excluding hydrogens is 283 g/mol. The number of halogens is 2. The van der Waals surface area contributed by atoms with Gasteiger partial charge in [-0.05, 0) is 35.7 Å². The van der Waals surface area contributed by atoms with E-state index in [1.807, 2.05) is 0 Å². The maximum absolute atomic E-state index is 13.1. The molecule has 3 aromatic rings. The number of fused-ring (bicyclic) bond motifs is 1. The van der Waals surface area contributed by atoms with Crippen LogP contribution in [0.25, 0.3) is 10.1 Å². The predicted molar refractivity (Wildman–Crippen MR) is 76.7 cm³/mol. The molecule has 1 aromatic heterocycles. The Bertz CT molecular complexity index is 779. The van der Waals surface area contributed by atoms with E-state index in [1.165, 1.54) is 23.5 Å². The van der Waals surface area contributed by atoms with E-state index in [0.717, 1.165) is 10.1 Å². The third-order valence-corrected chi connectivity index (χ3v) is 4.25. The highest BCUT2D eigenvalue weighted by Crippen LogP contribution is 2.29. The quantitative estimate of drug-likeness (QED) is 0.612. The molecule has 94 valence electrons. The Morgan fingerprint density at radius 2 is 1.89 bits per heavy atom. The molecule has 0 fully saturated rings. The van der Waals surface area contributed by atoms with Crippen LogP contribution in [0.1, 0.15) is 15.2 Å². The molecule has 2 aromatic carbocycles. The zero-order valence-electron chi connectivity index (χ0n) is 9.69. The summed E-state index contributed by atoms with van der Waals surface area (Å²) in [6, 6.07) is 13.2.